The Morgan fingerprint density at radius 3 is 2.54 bits per heavy atom. The number of fused-ring (bicyclic) bond motifs is 2. The van der Waals surface area contributed by atoms with E-state index in [0.717, 1.165) is 53.6 Å². The highest BCUT2D eigenvalue weighted by molar-refractivity contribution is 7.14. The lowest BCUT2D eigenvalue weighted by Gasteiger charge is -2.38. The summed E-state index contributed by atoms with van der Waals surface area (Å²) >= 11 is 1.51. The van der Waals surface area contributed by atoms with Gasteiger partial charge in [0.2, 0.25) is 5.88 Å². The second-order valence-electron chi connectivity index (χ2n) is 10.8. The van der Waals surface area contributed by atoms with Gasteiger partial charge in [-0.2, -0.15) is 10.2 Å². The molecule has 11 heteroatoms. The van der Waals surface area contributed by atoms with Gasteiger partial charge in [0.1, 0.15) is 17.6 Å². The van der Waals surface area contributed by atoms with Gasteiger partial charge in [-0.05, 0) is 56.9 Å². The van der Waals surface area contributed by atoms with Crippen LogP contribution in [0, 0.1) is 6.92 Å². The number of amides is 1. The number of pyridine rings is 1. The zero-order chi connectivity index (χ0) is 26.5. The van der Waals surface area contributed by atoms with Crippen molar-refractivity contribution >= 4 is 28.2 Å². The van der Waals surface area contributed by atoms with Crippen LogP contribution in [0.5, 0.6) is 5.88 Å². The third-order valence-corrected chi connectivity index (χ3v) is 8.64. The van der Waals surface area contributed by atoms with E-state index in [2.05, 4.69) is 35.5 Å². The van der Waals surface area contributed by atoms with Gasteiger partial charge in [-0.15, -0.1) is 16.4 Å². The highest BCUT2D eigenvalue weighted by Crippen LogP contribution is 2.40. The highest BCUT2D eigenvalue weighted by atomic mass is 32.1. The summed E-state index contributed by atoms with van der Waals surface area (Å²) in [6.07, 6.45) is 7.74. The Morgan fingerprint density at radius 2 is 1.90 bits per heavy atom. The Bertz CT molecular complexity index is 1480. The maximum atomic E-state index is 13.5. The second-order valence-corrected chi connectivity index (χ2v) is 11.6. The molecule has 3 fully saturated rings. The molecule has 7 rings (SSSR count). The van der Waals surface area contributed by atoms with Crippen LogP contribution >= 0.6 is 11.3 Å². The lowest BCUT2D eigenvalue weighted by atomic mass is 9.98. The van der Waals surface area contributed by atoms with Crippen molar-refractivity contribution in [3.8, 4) is 17.3 Å². The molecule has 4 aromatic heterocycles. The molecule has 0 spiro atoms. The fraction of sp³-hybridized carbons (Fsp3) is 0.429. The molecule has 39 heavy (non-hydrogen) atoms. The van der Waals surface area contributed by atoms with Crippen molar-refractivity contribution in [2.45, 2.75) is 69.6 Å². The summed E-state index contributed by atoms with van der Waals surface area (Å²) in [4.78, 5) is 24.7. The summed E-state index contributed by atoms with van der Waals surface area (Å²) < 4.78 is 8.02. The third-order valence-electron chi connectivity index (χ3n) is 7.88. The van der Waals surface area contributed by atoms with Crippen molar-refractivity contribution in [1.82, 2.24) is 34.8 Å². The van der Waals surface area contributed by atoms with Crippen LogP contribution in [0.25, 0.3) is 11.4 Å². The molecule has 10 nitrogen and oxygen atoms in total. The zero-order valence-corrected chi connectivity index (χ0v) is 22.8. The van der Waals surface area contributed by atoms with E-state index < -0.39 is 0 Å². The van der Waals surface area contributed by atoms with Crippen LogP contribution in [-0.4, -0.2) is 58.9 Å². The fourth-order valence-electron chi connectivity index (χ4n) is 5.87. The number of aryl methyl sites for hydroxylation is 2. The van der Waals surface area contributed by atoms with Gasteiger partial charge < -0.3 is 15.0 Å². The predicted molar refractivity (Wildman–Crippen MR) is 147 cm³/mol. The zero-order valence-electron chi connectivity index (χ0n) is 21.9. The number of rotatable bonds is 7. The maximum absolute atomic E-state index is 13.5. The number of hydrogen-bond acceptors (Lipinski definition) is 9. The summed E-state index contributed by atoms with van der Waals surface area (Å²) in [5, 5.41) is 19.0. The molecule has 0 unspecified atom stereocenters. The summed E-state index contributed by atoms with van der Waals surface area (Å²) in [5.41, 5.74) is 4.45. The minimum absolute atomic E-state index is 0.0386. The number of nitrogens with zero attached hydrogens (tertiary/aromatic N) is 7. The van der Waals surface area contributed by atoms with Gasteiger partial charge in [0.15, 0.2) is 5.13 Å². The molecule has 1 amide bonds. The van der Waals surface area contributed by atoms with Gasteiger partial charge >= 0.3 is 0 Å². The van der Waals surface area contributed by atoms with Crippen molar-refractivity contribution in [2.24, 2.45) is 7.05 Å². The Labute approximate surface area is 230 Å². The molecular weight excluding hydrogens is 512 g/mol. The molecule has 3 aliphatic rings. The van der Waals surface area contributed by atoms with Crippen molar-refractivity contribution < 1.29 is 9.53 Å². The number of nitrogens with one attached hydrogen (secondary N) is 1. The van der Waals surface area contributed by atoms with Gasteiger partial charge in [0.05, 0.1) is 22.6 Å². The normalized spacial score (nSPS) is 22.2. The van der Waals surface area contributed by atoms with Crippen LogP contribution in [-0.2, 0) is 7.05 Å². The van der Waals surface area contributed by atoms with Crippen molar-refractivity contribution in [3.63, 3.8) is 0 Å². The standard InChI is InChI=1S/C28H30N8O2S/c1-16-11-24(35(2)34-16)23-15-39-28(30-23)31-25-9-5-18(14-29-25)27(37)36-19-6-7-20(36)13-21(12-19)38-26-10-8-22(32-33-26)17-3-4-17/h5,8-11,14-15,17,19-21H,3-4,6-7,12-13H2,1-2H3,(H,29,30,31)/t19-,20+,21+. The van der Waals surface area contributed by atoms with E-state index in [1.165, 1.54) is 24.2 Å². The van der Waals surface area contributed by atoms with Crippen LogP contribution < -0.4 is 10.1 Å². The van der Waals surface area contributed by atoms with Crippen LogP contribution in [0.3, 0.4) is 0 Å². The maximum Gasteiger partial charge on any atom is 0.255 e. The molecule has 6 heterocycles. The van der Waals surface area contributed by atoms with E-state index in [1.54, 1.807) is 6.20 Å². The molecule has 2 saturated heterocycles. The molecule has 2 aliphatic heterocycles. The van der Waals surface area contributed by atoms with Gasteiger partial charge in [0.25, 0.3) is 5.91 Å². The second kappa shape index (κ2) is 9.71. The Kier molecular flexibility index (Phi) is 6.03. The first-order chi connectivity index (χ1) is 19.0. The molecule has 2 bridgehead atoms. The molecule has 200 valence electrons. The first-order valence-corrected chi connectivity index (χ1v) is 14.4. The lowest BCUT2D eigenvalue weighted by Crippen LogP contribution is -2.49. The number of ether oxygens (including phenoxy) is 1. The smallest absolute Gasteiger partial charge is 0.255 e. The molecular formula is C28H30N8O2S. The quantitative estimate of drug-likeness (QED) is 0.352. The number of carbonyl (C=O) groups excluding carboxylic acids is 1. The molecule has 0 aromatic carbocycles. The van der Waals surface area contributed by atoms with Gasteiger partial charge in [-0.3, -0.25) is 9.48 Å². The van der Waals surface area contributed by atoms with E-state index in [4.69, 9.17) is 4.74 Å². The number of carbonyl (C=O) groups is 1. The molecule has 3 atom stereocenters. The minimum Gasteiger partial charge on any atom is -0.473 e. The summed E-state index contributed by atoms with van der Waals surface area (Å²) in [5.74, 6) is 1.85. The van der Waals surface area contributed by atoms with Crippen molar-refractivity contribution in [3.05, 3.63) is 58.9 Å². The van der Waals surface area contributed by atoms with E-state index in [9.17, 15) is 4.79 Å². The SMILES string of the molecule is Cc1cc(-c2csc(Nc3ccc(C(=O)N4[C@@H]5CC[C@H]4C[C@@H](Oc4ccc(C6CC6)nn4)C5)cn3)n2)n(C)n1. The largest absolute Gasteiger partial charge is 0.473 e. The van der Waals surface area contributed by atoms with Crippen molar-refractivity contribution in [2.75, 3.05) is 5.32 Å². The monoisotopic (exact) mass is 542 g/mol. The van der Waals surface area contributed by atoms with E-state index in [0.29, 0.717) is 23.2 Å². The van der Waals surface area contributed by atoms with Crippen LogP contribution in [0.15, 0.2) is 41.9 Å². The number of aromatic nitrogens is 6. The molecule has 1 aliphatic carbocycles. The summed E-state index contributed by atoms with van der Waals surface area (Å²) in [6.45, 7) is 1.97. The Balaban J connectivity index is 0.976. The molecule has 1 N–H and O–H groups in total. The summed E-state index contributed by atoms with van der Waals surface area (Å²) in [6, 6.07) is 10.0. The summed E-state index contributed by atoms with van der Waals surface area (Å²) in [7, 11) is 1.91. The van der Waals surface area contributed by atoms with E-state index in [-0.39, 0.29) is 24.1 Å². The average molecular weight is 543 g/mol. The van der Waals surface area contributed by atoms with Crippen LogP contribution in [0.2, 0.25) is 0 Å². The topological polar surface area (TPSA) is 111 Å². The van der Waals surface area contributed by atoms with Gasteiger partial charge in [0, 0.05) is 55.5 Å². The van der Waals surface area contributed by atoms with Crippen molar-refractivity contribution in [1.29, 1.82) is 0 Å². The first kappa shape index (κ1) is 24.2. The van der Waals surface area contributed by atoms with Gasteiger partial charge in [-0.1, -0.05) is 0 Å². The highest BCUT2D eigenvalue weighted by Gasteiger charge is 2.44. The Hall–Kier alpha value is -3.86. The van der Waals surface area contributed by atoms with Gasteiger partial charge in [-0.25, -0.2) is 9.97 Å². The lowest BCUT2D eigenvalue weighted by molar-refractivity contribution is 0.0345. The molecule has 4 aromatic rings. The number of thiazole rings is 1. The Morgan fingerprint density at radius 1 is 1.08 bits per heavy atom. The fourth-order valence-corrected chi connectivity index (χ4v) is 6.58. The van der Waals surface area contributed by atoms with E-state index >= 15 is 0 Å². The van der Waals surface area contributed by atoms with Crippen LogP contribution in [0.1, 0.15) is 66.2 Å². The number of piperidine rings is 1. The predicted octanol–water partition coefficient (Wildman–Crippen LogP) is 4.87. The molecule has 1 saturated carbocycles. The number of anilines is 2. The number of hydrogen-bond donors (Lipinski definition) is 1. The first-order valence-electron chi connectivity index (χ1n) is 13.5. The van der Waals surface area contributed by atoms with Crippen LogP contribution in [0.4, 0.5) is 10.9 Å². The molecule has 0 radical (unpaired) electrons. The average Bonchev–Trinajstić information content (AvgIpc) is 3.51. The third kappa shape index (κ3) is 4.87. The van der Waals surface area contributed by atoms with E-state index in [1.807, 2.05) is 54.4 Å². The minimum atomic E-state index is 0.0386.